The Morgan fingerprint density at radius 2 is 2.47 bits per heavy atom. The number of morpholine rings is 1. The van der Waals surface area contributed by atoms with Crippen LogP contribution in [0.1, 0.15) is 6.92 Å². The number of carbonyl (C=O) groups excluding carboxylic acids is 1. The zero-order valence-corrected chi connectivity index (χ0v) is 9.44. The summed E-state index contributed by atoms with van der Waals surface area (Å²) in [5.74, 6) is 0.154. The summed E-state index contributed by atoms with van der Waals surface area (Å²) in [7, 11) is 1.38. The topological polar surface area (TPSA) is 64.8 Å². The highest BCUT2D eigenvalue weighted by atomic mass is 16.6. The normalized spacial score (nSPS) is 24.9. The van der Waals surface area contributed by atoms with Crippen molar-refractivity contribution in [3.05, 3.63) is 0 Å². The number of nitrogens with two attached hydrogens (primary N) is 1. The summed E-state index contributed by atoms with van der Waals surface area (Å²) < 4.78 is 9.98. The summed E-state index contributed by atoms with van der Waals surface area (Å²) in [4.78, 5) is 13.5. The third-order valence-electron chi connectivity index (χ3n) is 2.59. The Morgan fingerprint density at radius 1 is 1.73 bits per heavy atom. The fourth-order valence-corrected chi connectivity index (χ4v) is 1.66. The van der Waals surface area contributed by atoms with E-state index in [-0.39, 0.29) is 5.97 Å². The monoisotopic (exact) mass is 216 g/mol. The molecule has 2 N–H and O–H groups in total. The smallest absolute Gasteiger partial charge is 0.336 e. The van der Waals surface area contributed by atoms with Gasteiger partial charge in [-0.05, 0) is 12.5 Å². The molecule has 0 bridgehead atoms. The van der Waals surface area contributed by atoms with E-state index < -0.39 is 6.10 Å². The predicted octanol–water partition coefficient (Wildman–Crippen LogP) is -0.545. The quantitative estimate of drug-likeness (QED) is 0.639. The summed E-state index contributed by atoms with van der Waals surface area (Å²) in [5, 5.41) is 0. The zero-order chi connectivity index (χ0) is 11.3. The molecule has 0 amide bonds. The Labute approximate surface area is 90.5 Å². The van der Waals surface area contributed by atoms with Crippen LogP contribution in [0, 0.1) is 5.92 Å². The molecule has 88 valence electrons. The molecule has 1 fully saturated rings. The average Bonchev–Trinajstić information content (AvgIpc) is 2.28. The van der Waals surface area contributed by atoms with Gasteiger partial charge in [-0.15, -0.1) is 0 Å². The van der Waals surface area contributed by atoms with Crippen LogP contribution in [0.25, 0.3) is 0 Å². The number of hydrogen-bond donors (Lipinski definition) is 1. The van der Waals surface area contributed by atoms with Gasteiger partial charge in [0.1, 0.15) is 0 Å². The first-order chi connectivity index (χ1) is 7.17. The first-order valence-corrected chi connectivity index (χ1v) is 5.29. The van der Waals surface area contributed by atoms with E-state index in [9.17, 15) is 4.79 Å². The van der Waals surface area contributed by atoms with Crippen molar-refractivity contribution in [3.8, 4) is 0 Å². The van der Waals surface area contributed by atoms with E-state index in [1.807, 2.05) is 0 Å². The standard InChI is InChI=1S/C10H20N2O3/c1-8(5-11)6-12-3-4-15-9(7-12)10(13)14-2/h8-9H,3-7,11H2,1-2H3. The number of rotatable bonds is 4. The molecule has 0 radical (unpaired) electrons. The van der Waals surface area contributed by atoms with Crippen molar-refractivity contribution in [3.63, 3.8) is 0 Å². The van der Waals surface area contributed by atoms with Gasteiger partial charge in [0.15, 0.2) is 6.10 Å². The average molecular weight is 216 g/mol. The van der Waals surface area contributed by atoms with E-state index in [0.717, 1.165) is 13.1 Å². The molecule has 1 saturated heterocycles. The van der Waals surface area contributed by atoms with Gasteiger partial charge in [0.25, 0.3) is 0 Å². The molecule has 2 unspecified atom stereocenters. The summed E-state index contributed by atoms with van der Waals surface area (Å²) in [6, 6.07) is 0. The molecule has 1 heterocycles. The van der Waals surface area contributed by atoms with Crippen LogP contribution in [0.5, 0.6) is 0 Å². The molecule has 1 rings (SSSR count). The maximum Gasteiger partial charge on any atom is 0.336 e. The van der Waals surface area contributed by atoms with Crippen molar-refractivity contribution in [1.82, 2.24) is 4.90 Å². The Balaban J connectivity index is 2.38. The minimum atomic E-state index is -0.436. The molecular formula is C10H20N2O3. The number of methoxy groups -OCH3 is 1. The van der Waals surface area contributed by atoms with Crippen LogP contribution in [0.2, 0.25) is 0 Å². The van der Waals surface area contributed by atoms with Crippen molar-refractivity contribution >= 4 is 5.97 Å². The first kappa shape index (κ1) is 12.4. The van der Waals surface area contributed by atoms with Gasteiger partial charge in [-0.2, -0.15) is 0 Å². The van der Waals surface area contributed by atoms with Gasteiger partial charge in [-0.3, -0.25) is 4.90 Å². The number of hydrogen-bond acceptors (Lipinski definition) is 5. The van der Waals surface area contributed by atoms with E-state index >= 15 is 0 Å². The first-order valence-electron chi connectivity index (χ1n) is 5.29. The van der Waals surface area contributed by atoms with Crippen LogP contribution >= 0.6 is 0 Å². The second-order valence-electron chi connectivity index (χ2n) is 3.98. The predicted molar refractivity (Wildman–Crippen MR) is 56.4 cm³/mol. The van der Waals surface area contributed by atoms with Gasteiger partial charge in [0, 0.05) is 19.6 Å². The van der Waals surface area contributed by atoms with Gasteiger partial charge in [0.2, 0.25) is 0 Å². The fourth-order valence-electron chi connectivity index (χ4n) is 1.66. The second-order valence-corrected chi connectivity index (χ2v) is 3.98. The molecule has 0 aliphatic carbocycles. The zero-order valence-electron chi connectivity index (χ0n) is 9.44. The van der Waals surface area contributed by atoms with Gasteiger partial charge >= 0.3 is 5.97 Å². The highest BCUT2D eigenvalue weighted by Gasteiger charge is 2.27. The number of nitrogens with zero attached hydrogens (tertiary/aromatic N) is 1. The number of esters is 1. The Hall–Kier alpha value is -0.650. The molecule has 5 nitrogen and oxygen atoms in total. The van der Waals surface area contributed by atoms with E-state index in [4.69, 9.17) is 10.5 Å². The molecule has 15 heavy (non-hydrogen) atoms. The molecule has 0 saturated carbocycles. The molecule has 1 aliphatic rings. The van der Waals surface area contributed by atoms with Crippen molar-refractivity contribution < 1.29 is 14.3 Å². The van der Waals surface area contributed by atoms with Crippen LogP contribution in [-0.2, 0) is 14.3 Å². The van der Waals surface area contributed by atoms with E-state index in [0.29, 0.717) is 25.6 Å². The van der Waals surface area contributed by atoms with Crippen LogP contribution in [0.15, 0.2) is 0 Å². The van der Waals surface area contributed by atoms with Gasteiger partial charge in [-0.1, -0.05) is 6.92 Å². The fraction of sp³-hybridized carbons (Fsp3) is 0.900. The van der Waals surface area contributed by atoms with Gasteiger partial charge < -0.3 is 15.2 Å². The molecule has 5 heteroatoms. The molecule has 2 atom stereocenters. The second kappa shape index (κ2) is 6.05. The SMILES string of the molecule is COC(=O)C1CN(CC(C)CN)CCO1. The van der Waals surface area contributed by atoms with E-state index in [2.05, 4.69) is 16.6 Å². The molecule has 0 spiro atoms. The molecular weight excluding hydrogens is 196 g/mol. The number of carbonyl (C=O) groups is 1. The Bertz CT molecular complexity index is 211. The Morgan fingerprint density at radius 3 is 3.07 bits per heavy atom. The van der Waals surface area contributed by atoms with Crippen LogP contribution in [0.3, 0.4) is 0 Å². The van der Waals surface area contributed by atoms with Crippen molar-refractivity contribution in [1.29, 1.82) is 0 Å². The number of ether oxygens (including phenoxy) is 2. The lowest BCUT2D eigenvalue weighted by Gasteiger charge is -2.32. The van der Waals surface area contributed by atoms with Crippen molar-refractivity contribution in [2.45, 2.75) is 13.0 Å². The molecule has 1 aliphatic heterocycles. The van der Waals surface area contributed by atoms with Gasteiger partial charge in [0.05, 0.1) is 13.7 Å². The lowest BCUT2D eigenvalue weighted by Crippen LogP contribution is -2.48. The molecule has 0 aromatic carbocycles. The van der Waals surface area contributed by atoms with Crippen molar-refractivity contribution in [2.24, 2.45) is 11.7 Å². The summed E-state index contributed by atoms with van der Waals surface area (Å²) in [6.07, 6.45) is -0.436. The third kappa shape index (κ3) is 3.77. The third-order valence-corrected chi connectivity index (χ3v) is 2.59. The molecule has 0 aromatic heterocycles. The lowest BCUT2D eigenvalue weighted by atomic mass is 10.1. The summed E-state index contributed by atoms with van der Waals surface area (Å²) in [6.45, 7) is 5.72. The maximum atomic E-state index is 11.3. The largest absolute Gasteiger partial charge is 0.467 e. The van der Waals surface area contributed by atoms with E-state index in [1.54, 1.807) is 0 Å². The van der Waals surface area contributed by atoms with Gasteiger partial charge in [-0.25, -0.2) is 4.79 Å². The maximum absolute atomic E-state index is 11.3. The van der Waals surface area contributed by atoms with E-state index in [1.165, 1.54) is 7.11 Å². The Kier molecular flexibility index (Phi) is 5.01. The molecule has 0 aromatic rings. The van der Waals surface area contributed by atoms with Crippen molar-refractivity contribution in [2.75, 3.05) is 39.9 Å². The summed E-state index contributed by atoms with van der Waals surface area (Å²) in [5.41, 5.74) is 5.56. The van der Waals surface area contributed by atoms with Crippen LogP contribution in [-0.4, -0.2) is 56.9 Å². The highest BCUT2D eigenvalue weighted by molar-refractivity contribution is 5.74. The minimum absolute atomic E-state index is 0.292. The summed E-state index contributed by atoms with van der Waals surface area (Å²) >= 11 is 0. The van der Waals surface area contributed by atoms with Crippen LogP contribution in [0.4, 0.5) is 0 Å². The lowest BCUT2D eigenvalue weighted by molar-refractivity contribution is -0.159. The minimum Gasteiger partial charge on any atom is -0.467 e. The highest BCUT2D eigenvalue weighted by Crippen LogP contribution is 2.08. The van der Waals surface area contributed by atoms with Crippen LogP contribution < -0.4 is 5.73 Å².